The van der Waals surface area contributed by atoms with Crippen LogP contribution in [0.3, 0.4) is 0 Å². The lowest BCUT2D eigenvalue weighted by Gasteiger charge is -2.28. The molecule has 0 bridgehead atoms. The Labute approximate surface area is 143 Å². The topological polar surface area (TPSA) is 57.2 Å². The number of hydrogen-bond donors (Lipinski definition) is 1. The van der Waals surface area contributed by atoms with Gasteiger partial charge in [-0.2, -0.15) is 15.0 Å². The van der Waals surface area contributed by atoms with E-state index in [0.717, 1.165) is 32.1 Å². The van der Waals surface area contributed by atoms with Crippen molar-refractivity contribution in [3.8, 4) is 0 Å². The molecule has 2 heterocycles. The fourth-order valence-corrected chi connectivity index (χ4v) is 2.93. The molecule has 1 aromatic carbocycles. The fourth-order valence-electron chi connectivity index (χ4n) is 2.93. The highest BCUT2D eigenvalue weighted by molar-refractivity contribution is 5.45. The van der Waals surface area contributed by atoms with E-state index in [0.29, 0.717) is 11.9 Å². The summed E-state index contributed by atoms with van der Waals surface area (Å²) in [5.41, 5.74) is 1.24. The predicted molar refractivity (Wildman–Crippen MR) is 98.6 cm³/mol. The molecule has 2 aromatic rings. The van der Waals surface area contributed by atoms with Gasteiger partial charge >= 0.3 is 0 Å². The Bertz CT molecular complexity index is 639. The first-order valence-electron chi connectivity index (χ1n) is 8.76. The molecule has 0 unspecified atom stereocenters. The lowest BCUT2D eigenvalue weighted by atomic mass is 10.1. The van der Waals surface area contributed by atoms with E-state index in [1.54, 1.807) is 0 Å². The van der Waals surface area contributed by atoms with Crippen molar-refractivity contribution in [2.75, 3.05) is 41.8 Å². The van der Waals surface area contributed by atoms with Gasteiger partial charge in [-0.05, 0) is 31.7 Å². The standard InChI is InChI=1S/C18H26N6/c1-3-19-16-20-17(23(2)14-15-10-6-4-7-11-15)22-18(21-16)24-12-8-5-9-13-24/h4,6-7,10-11H,3,5,8-9,12-14H2,1-2H3,(H,19,20,21,22). The fraction of sp³-hybridized carbons (Fsp3) is 0.500. The lowest BCUT2D eigenvalue weighted by molar-refractivity contribution is 0.567. The first-order valence-corrected chi connectivity index (χ1v) is 8.76. The van der Waals surface area contributed by atoms with E-state index in [1.807, 2.05) is 13.1 Å². The molecule has 1 aliphatic heterocycles. The van der Waals surface area contributed by atoms with E-state index in [2.05, 4.69) is 56.3 Å². The number of piperidine rings is 1. The van der Waals surface area contributed by atoms with Gasteiger partial charge in [-0.3, -0.25) is 0 Å². The Morgan fingerprint density at radius 2 is 1.79 bits per heavy atom. The number of anilines is 3. The Kier molecular flexibility index (Phi) is 5.46. The predicted octanol–water partition coefficient (Wildman–Crippen LogP) is 2.93. The minimum Gasteiger partial charge on any atom is -0.354 e. The first kappa shape index (κ1) is 16.5. The number of aromatic nitrogens is 3. The number of benzene rings is 1. The molecule has 6 nitrogen and oxygen atoms in total. The van der Waals surface area contributed by atoms with Gasteiger partial charge in [0.05, 0.1) is 0 Å². The summed E-state index contributed by atoms with van der Waals surface area (Å²) < 4.78 is 0. The van der Waals surface area contributed by atoms with E-state index in [-0.39, 0.29) is 0 Å². The molecule has 1 aliphatic rings. The van der Waals surface area contributed by atoms with Crippen LogP contribution in [0.15, 0.2) is 30.3 Å². The SMILES string of the molecule is CCNc1nc(N(C)Cc2ccccc2)nc(N2CCCCC2)n1. The second-order valence-corrected chi connectivity index (χ2v) is 6.18. The molecule has 1 N–H and O–H groups in total. The largest absolute Gasteiger partial charge is 0.354 e. The third-order valence-corrected chi connectivity index (χ3v) is 4.19. The number of rotatable bonds is 6. The van der Waals surface area contributed by atoms with Crippen molar-refractivity contribution < 1.29 is 0 Å². The number of hydrogen-bond acceptors (Lipinski definition) is 6. The van der Waals surface area contributed by atoms with Crippen LogP contribution in [0.1, 0.15) is 31.7 Å². The van der Waals surface area contributed by atoms with Crippen molar-refractivity contribution in [1.29, 1.82) is 0 Å². The summed E-state index contributed by atoms with van der Waals surface area (Å²) in [5, 5.41) is 3.23. The lowest BCUT2D eigenvalue weighted by Crippen LogP contribution is -2.32. The van der Waals surface area contributed by atoms with Gasteiger partial charge in [0.2, 0.25) is 17.8 Å². The zero-order valence-corrected chi connectivity index (χ0v) is 14.6. The Balaban J connectivity index is 1.83. The van der Waals surface area contributed by atoms with Gasteiger partial charge in [-0.15, -0.1) is 0 Å². The van der Waals surface area contributed by atoms with Crippen molar-refractivity contribution >= 4 is 17.8 Å². The molecule has 0 saturated carbocycles. The molecule has 3 rings (SSSR count). The van der Waals surface area contributed by atoms with Gasteiger partial charge in [0, 0.05) is 33.2 Å². The molecule has 0 spiro atoms. The van der Waals surface area contributed by atoms with Crippen molar-refractivity contribution in [1.82, 2.24) is 15.0 Å². The third-order valence-electron chi connectivity index (χ3n) is 4.19. The maximum Gasteiger partial charge on any atom is 0.232 e. The van der Waals surface area contributed by atoms with Gasteiger partial charge in [-0.1, -0.05) is 30.3 Å². The zero-order chi connectivity index (χ0) is 16.8. The maximum atomic E-state index is 4.73. The summed E-state index contributed by atoms with van der Waals surface area (Å²) in [5.74, 6) is 2.16. The second-order valence-electron chi connectivity index (χ2n) is 6.18. The van der Waals surface area contributed by atoms with Crippen molar-refractivity contribution in [2.45, 2.75) is 32.7 Å². The highest BCUT2D eigenvalue weighted by atomic mass is 15.4. The van der Waals surface area contributed by atoms with E-state index >= 15 is 0 Å². The Morgan fingerprint density at radius 1 is 1.04 bits per heavy atom. The van der Waals surface area contributed by atoms with Crippen molar-refractivity contribution in [2.24, 2.45) is 0 Å². The molecule has 6 heteroatoms. The molecule has 0 radical (unpaired) electrons. The van der Waals surface area contributed by atoms with Gasteiger partial charge in [-0.25, -0.2) is 0 Å². The van der Waals surface area contributed by atoms with E-state index in [4.69, 9.17) is 4.98 Å². The number of nitrogens with one attached hydrogen (secondary N) is 1. The van der Waals surface area contributed by atoms with Crippen LogP contribution in [0, 0.1) is 0 Å². The van der Waals surface area contributed by atoms with Gasteiger partial charge in [0.1, 0.15) is 0 Å². The van der Waals surface area contributed by atoms with Crippen LogP contribution in [-0.4, -0.2) is 41.6 Å². The molecule has 0 atom stereocenters. The van der Waals surface area contributed by atoms with Gasteiger partial charge < -0.3 is 15.1 Å². The van der Waals surface area contributed by atoms with Gasteiger partial charge in [0.15, 0.2) is 0 Å². The van der Waals surface area contributed by atoms with Crippen molar-refractivity contribution in [3.05, 3.63) is 35.9 Å². The smallest absolute Gasteiger partial charge is 0.232 e. The summed E-state index contributed by atoms with van der Waals surface area (Å²) in [4.78, 5) is 18.3. The highest BCUT2D eigenvalue weighted by Crippen LogP contribution is 2.20. The minimum absolute atomic E-state index is 0.656. The van der Waals surface area contributed by atoms with E-state index < -0.39 is 0 Å². The summed E-state index contributed by atoms with van der Waals surface area (Å²) in [6, 6.07) is 10.4. The minimum atomic E-state index is 0.656. The van der Waals surface area contributed by atoms with Crippen LogP contribution in [0.2, 0.25) is 0 Å². The monoisotopic (exact) mass is 326 g/mol. The van der Waals surface area contributed by atoms with Crippen LogP contribution in [-0.2, 0) is 6.54 Å². The summed E-state index contributed by atoms with van der Waals surface area (Å²) in [6.45, 7) is 5.67. The average Bonchev–Trinajstić information content (AvgIpc) is 2.63. The van der Waals surface area contributed by atoms with E-state index in [9.17, 15) is 0 Å². The highest BCUT2D eigenvalue weighted by Gasteiger charge is 2.17. The first-order chi connectivity index (χ1) is 11.8. The second kappa shape index (κ2) is 7.95. The van der Waals surface area contributed by atoms with Gasteiger partial charge in [0.25, 0.3) is 0 Å². The zero-order valence-electron chi connectivity index (χ0n) is 14.6. The Morgan fingerprint density at radius 3 is 2.50 bits per heavy atom. The summed E-state index contributed by atoms with van der Waals surface area (Å²) in [7, 11) is 2.03. The van der Waals surface area contributed by atoms with Crippen LogP contribution < -0.4 is 15.1 Å². The average molecular weight is 326 g/mol. The van der Waals surface area contributed by atoms with Crippen molar-refractivity contribution in [3.63, 3.8) is 0 Å². The van der Waals surface area contributed by atoms with Crippen LogP contribution >= 0.6 is 0 Å². The Hall–Kier alpha value is -2.37. The molecule has 24 heavy (non-hydrogen) atoms. The van der Waals surface area contributed by atoms with Crippen LogP contribution in [0.5, 0.6) is 0 Å². The normalized spacial score (nSPS) is 14.5. The maximum absolute atomic E-state index is 4.73. The molecule has 1 aromatic heterocycles. The molecule has 128 valence electrons. The molecular weight excluding hydrogens is 300 g/mol. The van der Waals surface area contributed by atoms with E-state index in [1.165, 1.54) is 24.8 Å². The summed E-state index contributed by atoms with van der Waals surface area (Å²) in [6.07, 6.45) is 3.71. The van der Waals surface area contributed by atoms with Crippen LogP contribution in [0.4, 0.5) is 17.8 Å². The third kappa shape index (κ3) is 4.13. The molecule has 0 amide bonds. The molecular formula is C18H26N6. The number of nitrogens with zero attached hydrogens (tertiary/aromatic N) is 5. The molecule has 0 aliphatic carbocycles. The molecule has 1 saturated heterocycles. The molecule has 1 fully saturated rings. The quantitative estimate of drug-likeness (QED) is 0.881. The van der Waals surface area contributed by atoms with Crippen LogP contribution in [0.25, 0.3) is 0 Å². The summed E-state index contributed by atoms with van der Waals surface area (Å²) >= 11 is 0.